The molecule has 0 radical (unpaired) electrons. The average Bonchev–Trinajstić information content (AvgIpc) is 2.75. The van der Waals surface area contributed by atoms with Crippen molar-refractivity contribution in [3.8, 4) is 0 Å². The Morgan fingerprint density at radius 2 is 1.57 bits per heavy atom. The van der Waals surface area contributed by atoms with E-state index < -0.39 is 5.60 Å². The second-order valence-corrected chi connectivity index (χ2v) is 7.16. The summed E-state index contributed by atoms with van der Waals surface area (Å²) in [7, 11) is 0. The second-order valence-electron chi connectivity index (χ2n) is 7.16. The summed E-state index contributed by atoms with van der Waals surface area (Å²) in [6.45, 7) is 2.23. The van der Waals surface area contributed by atoms with E-state index in [0.29, 0.717) is 24.9 Å². The molecular formula is C23H28N2O3. The molecule has 148 valence electrons. The quantitative estimate of drug-likeness (QED) is 0.544. The Hall–Kier alpha value is -2.66. The summed E-state index contributed by atoms with van der Waals surface area (Å²) in [5.41, 5.74) is 1.20. The van der Waals surface area contributed by atoms with Crippen LogP contribution in [0.25, 0.3) is 0 Å². The van der Waals surface area contributed by atoms with Crippen molar-refractivity contribution in [2.24, 2.45) is 0 Å². The van der Waals surface area contributed by atoms with Gasteiger partial charge in [0.15, 0.2) is 0 Å². The van der Waals surface area contributed by atoms with Gasteiger partial charge < -0.3 is 15.4 Å². The molecule has 0 aliphatic carbocycles. The van der Waals surface area contributed by atoms with E-state index in [1.54, 1.807) is 12.1 Å². The summed E-state index contributed by atoms with van der Waals surface area (Å²) in [6.07, 6.45) is 3.37. The van der Waals surface area contributed by atoms with E-state index in [4.69, 9.17) is 4.74 Å². The molecule has 1 aliphatic heterocycles. The van der Waals surface area contributed by atoms with Crippen LogP contribution in [0.3, 0.4) is 0 Å². The maximum Gasteiger partial charge on any atom is 0.306 e. The van der Waals surface area contributed by atoms with Crippen molar-refractivity contribution in [3.63, 3.8) is 0 Å². The highest BCUT2D eigenvalue weighted by atomic mass is 16.6. The number of hydrogen-bond donors (Lipinski definition) is 2. The number of hydrogen-bond acceptors (Lipinski definition) is 4. The van der Waals surface area contributed by atoms with E-state index in [9.17, 15) is 9.59 Å². The fourth-order valence-corrected chi connectivity index (χ4v) is 3.58. The normalized spacial score (nSPS) is 15.6. The van der Waals surface area contributed by atoms with Crippen molar-refractivity contribution in [2.45, 2.75) is 37.7 Å². The molecule has 1 amide bonds. The Bertz CT molecular complexity index is 756. The highest BCUT2D eigenvalue weighted by Gasteiger charge is 2.37. The number of rotatable bonds is 8. The molecule has 0 atom stereocenters. The predicted octanol–water partition coefficient (Wildman–Crippen LogP) is 3.41. The SMILES string of the molecule is O=C(CCCCNC(=O)c1ccccc1)OC1(c2ccccc2)CCNCC1. The van der Waals surface area contributed by atoms with E-state index in [2.05, 4.69) is 10.6 Å². The van der Waals surface area contributed by atoms with E-state index in [1.807, 2.05) is 48.5 Å². The van der Waals surface area contributed by atoms with Gasteiger partial charge in [-0.1, -0.05) is 48.5 Å². The van der Waals surface area contributed by atoms with Crippen LogP contribution in [-0.2, 0) is 15.1 Å². The highest BCUT2D eigenvalue weighted by Crippen LogP contribution is 2.35. The number of benzene rings is 2. The van der Waals surface area contributed by atoms with Gasteiger partial charge >= 0.3 is 5.97 Å². The number of piperidine rings is 1. The van der Waals surface area contributed by atoms with Crippen LogP contribution in [0.2, 0.25) is 0 Å². The van der Waals surface area contributed by atoms with Crippen molar-refractivity contribution in [3.05, 3.63) is 71.8 Å². The van der Waals surface area contributed by atoms with Gasteiger partial charge in [0.1, 0.15) is 5.60 Å². The molecule has 0 unspecified atom stereocenters. The Labute approximate surface area is 166 Å². The lowest BCUT2D eigenvalue weighted by atomic mass is 9.84. The number of ether oxygens (including phenoxy) is 1. The molecule has 5 nitrogen and oxygen atoms in total. The third-order valence-electron chi connectivity index (χ3n) is 5.15. The Morgan fingerprint density at radius 1 is 0.929 bits per heavy atom. The summed E-state index contributed by atoms with van der Waals surface area (Å²) in [5, 5.41) is 6.22. The van der Waals surface area contributed by atoms with Gasteiger partial charge in [-0.25, -0.2) is 0 Å². The summed E-state index contributed by atoms with van der Waals surface area (Å²) in [5.74, 6) is -0.249. The zero-order chi connectivity index (χ0) is 19.7. The zero-order valence-electron chi connectivity index (χ0n) is 16.2. The number of unbranched alkanes of at least 4 members (excludes halogenated alkanes) is 1. The van der Waals surface area contributed by atoms with Crippen molar-refractivity contribution >= 4 is 11.9 Å². The lowest BCUT2D eigenvalue weighted by molar-refractivity contribution is -0.164. The minimum Gasteiger partial charge on any atom is -0.454 e. The predicted molar refractivity (Wildman–Crippen MR) is 109 cm³/mol. The first-order valence-corrected chi connectivity index (χ1v) is 10.0. The van der Waals surface area contributed by atoms with Gasteiger partial charge in [0.2, 0.25) is 0 Å². The minimum atomic E-state index is -0.523. The Kier molecular flexibility index (Phi) is 7.20. The van der Waals surface area contributed by atoms with Crippen molar-refractivity contribution < 1.29 is 14.3 Å². The molecule has 2 aromatic carbocycles. The van der Waals surface area contributed by atoms with E-state index in [1.165, 1.54) is 0 Å². The first-order chi connectivity index (χ1) is 13.7. The molecule has 0 saturated carbocycles. The molecule has 1 heterocycles. The fourth-order valence-electron chi connectivity index (χ4n) is 3.58. The number of esters is 1. The number of amides is 1. The fraction of sp³-hybridized carbons (Fsp3) is 0.391. The van der Waals surface area contributed by atoms with Crippen LogP contribution in [0.1, 0.15) is 48.0 Å². The van der Waals surface area contributed by atoms with Crippen molar-refractivity contribution in [1.29, 1.82) is 0 Å². The van der Waals surface area contributed by atoms with Crippen LogP contribution in [0.4, 0.5) is 0 Å². The molecular weight excluding hydrogens is 352 g/mol. The number of nitrogens with one attached hydrogen (secondary N) is 2. The molecule has 1 fully saturated rings. The lowest BCUT2D eigenvalue weighted by Crippen LogP contribution is -2.43. The maximum absolute atomic E-state index is 12.5. The molecule has 0 aromatic heterocycles. The Morgan fingerprint density at radius 3 is 2.25 bits per heavy atom. The molecule has 28 heavy (non-hydrogen) atoms. The summed E-state index contributed by atoms with van der Waals surface area (Å²) < 4.78 is 6.00. The maximum atomic E-state index is 12.5. The van der Waals surface area contributed by atoms with Crippen LogP contribution in [0.5, 0.6) is 0 Å². The van der Waals surface area contributed by atoms with Crippen LogP contribution in [0.15, 0.2) is 60.7 Å². The van der Waals surface area contributed by atoms with Gasteiger partial charge in [-0.3, -0.25) is 9.59 Å². The van der Waals surface area contributed by atoms with E-state index in [-0.39, 0.29) is 11.9 Å². The minimum absolute atomic E-state index is 0.0825. The highest BCUT2D eigenvalue weighted by molar-refractivity contribution is 5.94. The molecule has 1 aliphatic rings. The average molecular weight is 380 g/mol. The standard InChI is InChI=1S/C23H28N2O3/c26-21(13-7-8-16-25-22(27)19-9-3-1-4-10-19)28-23(14-17-24-18-15-23)20-11-5-2-6-12-20/h1-6,9-12,24H,7-8,13-18H2,(H,25,27). The largest absolute Gasteiger partial charge is 0.454 e. The van der Waals surface area contributed by atoms with Gasteiger partial charge in [-0.15, -0.1) is 0 Å². The first kappa shape index (κ1) is 20.1. The Balaban J connectivity index is 1.43. The van der Waals surface area contributed by atoms with Gasteiger partial charge in [0.05, 0.1) is 0 Å². The summed E-state index contributed by atoms with van der Waals surface area (Å²) in [6, 6.07) is 19.2. The van der Waals surface area contributed by atoms with Crippen molar-refractivity contribution in [2.75, 3.05) is 19.6 Å². The molecule has 2 N–H and O–H groups in total. The third-order valence-corrected chi connectivity index (χ3v) is 5.15. The summed E-state index contributed by atoms with van der Waals surface area (Å²) >= 11 is 0. The summed E-state index contributed by atoms with van der Waals surface area (Å²) in [4.78, 5) is 24.5. The number of carbonyl (C=O) groups is 2. The van der Waals surface area contributed by atoms with Gasteiger partial charge in [0, 0.05) is 31.4 Å². The monoisotopic (exact) mass is 380 g/mol. The van der Waals surface area contributed by atoms with Crippen LogP contribution in [-0.4, -0.2) is 31.5 Å². The molecule has 1 saturated heterocycles. The van der Waals surface area contributed by atoms with Crippen LogP contribution < -0.4 is 10.6 Å². The van der Waals surface area contributed by atoms with Gasteiger partial charge in [-0.05, 0) is 43.6 Å². The van der Waals surface area contributed by atoms with Crippen LogP contribution in [0, 0.1) is 0 Å². The van der Waals surface area contributed by atoms with Gasteiger partial charge in [-0.2, -0.15) is 0 Å². The van der Waals surface area contributed by atoms with Crippen molar-refractivity contribution in [1.82, 2.24) is 10.6 Å². The second kappa shape index (κ2) is 10.0. The lowest BCUT2D eigenvalue weighted by Gasteiger charge is -2.37. The smallest absolute Gasteiger partial charge is 0.306 e. The zero-order valence-corrected chi connectivity index (χ0v) is 16.2. The molecule has 0 bridgehead atoms. The molecule has 2 aromatic rings. The first-order valence-electron chi connectivity index (χ1n) is 10.0. The van der Waals surface area contributed by atoms with Gasteiger partial charge in [0.25, 0.3) is 5.91 Å². The molecule has 5 heteroatoms. The van der Waals surface area contributed by atoms with E-state index >= 15 is 0 Å². The number of carbonyl (C=O) groups excluding carboxylic acids is 2. The molecule has 0 spiro atoms. The topological polar surface area (TPSA) is 67.4 Å². The molecule has 3 rings (SSSR count). The third kappa shape index (κ3) is 5.42. The van der Waals surface area contributed by atoms with E-state index in [0.717, 1.165) is 37.9 Å². The van der Waals surface area contributed by atoms with Crippen LogP contribution >= 0.6 is 0 Å².